The summed E-state index contributed by atoms with van der Waals surface area (Å²) in [6.07, 6.45) is 3.44. The molecule has 3 fully saturated rings. The first-order valence-electron chi connectivity index (χ1n) is 4.27. The largest absolute Gasteiger partial charge is 0.311 e. The molecule has 3 aliphatic rings. The number of sulfonamides is 1. The van der Waals surface area contributed by atoms with Crippen molar-refractivity contribution < 1.29 is 8.42 Å². The number of hydrogen-bond donors (Lipinski definition) is 1. The zero-order chi connectivity index (χ0) is 8.77. The minimum Gasteiger partial charge on any atom is -0.311 e. The van der Waals surface area contributed by atoms with Crippen LogP contribution in [-0.2, 0) is 10.0 Å². The Balaban J connectivity index is 2.20. The number of nitrogens with zero attached hydrogens (tertiary/aromatic N) is 1. The summed E-state index contributed by atoms with van der Waals surface area (Å²) in [6, 6.07) is 0.606. The number of fused-ring (bicyclic) bond motifs is 3. The van der Waals surface area contributed by atoms with Crippen LogP contribution in [0.15, 0.2) is 0 Å². The van der Waals surface area contributed by atoms with Crippen LogP contribution in [0.25, 0.3) is 0 Å². The average molecular weight is 190 g/mol. The smallest absolute Gasteiger partial charge is 0.211 e. The van der Waals surface area contributed by atoms with E-state index in [-0.39, 0.29) is 6.04 Å². The van der Waals surface area contributed by atoms with Crippen molar-refractivity contribution in [2.24, 2.45) is 0 Å². The third kappa shape index (κ3) is 1.36. The second kappa shape index (κ2) is 2.68. The van der Waals surface area contributed by atoms with Crippen molar-refractivity contribution in [2.75, 3.05) is 19.3 Å². The van der Waals surface area contributed by atoms with Crippen LogP contribution in [0, 0.1) is 0 Å². The fourth-order valence-electron chi connectivity index (χ4n) is 2.07. The molecule has 3 aliphatic heterocycles. The van der Waals surface area contributed by atoms with Crippen molar-refractivity contribution in [1.29, 1.82) is 0 Å². The van der Waals surface area contributed by atoms with Gasteiger partial charge in [0.2, 0.25) is 10.0 Å². The lowest BCUT2D eigenvalue weighted by atomic mass is 9.96. The van der Waals surface area contributed by atoms with Crippen LogP contribution >= 0.6 is 0 Å². The van der Waals surface area contributed by atoms with Crippen LogP contribution in [0.3, 0.4) is 0 Å². The molecule has 3 rings (SSSR count). The Kier molecular flexibility index (Phi) is 1.89. The molecular weight excluding hydrogens is 176 g/mol. The molecule has 3 saturated heterocycles. The molecule has 70 valence electrons. The second-order valence-corrected chi connectivity index (χ2v) is 5.60. The topological polar surface area (TPSA) is 49.4 Å². The van der Waals surface area contributed by atoms with Crippen LogP contribution in [-0.4, -0.2) is 44.2 Å². The van der Waals surface area contributed by atoms with Gasteiger partial charge < -0.3 is 5.32 Å². The summed E-state index contributed by atoms with van der Waals surface area (Å²) in [5.41, 5.74) is 0. The van der Waals surface area contributed by atoms with E-state index in [9.17, 15) is 8.42 Å². The highest BCUT2D eigenvalue weighted by molar-refractivity contribution is 7.88. The highest BCUT2D eigenvalue weighted by Gasteiger charge is 2.37. The SMILES string of the molecule is CS(=O)(=O)N1CC2CCC1CN2. The first kappa shape index (κ1) is 8.47. The Bertz CT molecular complexity index is 267. The molecule has 2 atom stereocenters. The molecule has 0 saturated carbocycles. The van der Waals surface area contributed by atoms with E-state index in [0.717, 1.165) is 19.4 Å². The predicted molar refractivity (Wildman–Crippen MR) is 46.4 cm³/mol. The Labute approximate surface area is 73.0 Å². The van der Waals surface area contributed by atoms with E-state index in [1.54, 1.807) is 4.31 Å². The Hall–Kier alpha value is -0.130. The van der Waals surface area contributed by atoms with Gasteiger partial charge in [0.1, 0.15) is 0 Å². The van der Waals surface area contributed by atoms with Gasteiger partial charge in [-0.05, 0) is 12.8 Å². The molecule has 12 heavy (non-hydrogen) atoms. The van der Waals surface area contributed by atoms with Gasteiger partial charge in [0.25, 0.3) is 0 Å². The number of rotatable bonds is 1. The number of piperazine rings is 1. The van der Waals surface area contributed by atoms with Gasteiger partial charge in [0.05, 0.1) is 6.26 Å². The molecule has 1 N–H and O–H groups in total. The molecule has 0 radical (unpaired) electrons. The third-order valence-electron chi connectivity index (χ3n) is 2.72. The van der Waals surface area contributed by atoms with Crippen molar-refractivity contribution in [3.8, 4) is 0 Å². The molecular formula is C7H14N2O2S. The molecule has 0 aromatic rings. The van der Waals surface area contributed by atoms with Gasteiger partial charge in [-0.15, -0.1) is 0 Å². The minimum absolute atomic E-state index is 0.213. The zero-order valence-electron chi connectivity index (χ0n) is 7.16. The van der Waals surface area contributed by atoms with E-state index in [1.807, 2.05) is 0 Å². The lowest BCUT2D eigenvalue weighted by Crippen LogP contribution is -2.62. The summed E-state index contributed by atoms with van der Waals surface area (Å²) in [5, 5.41) is 3.31. The lowest BCUT2D eigenvalue weighted by molar-refractivity contribution is 0.152. The summed E-state index contributed by atoms with van der Waals surface area (Å²) >= 11 is 0. The summed E-state index contributed by atoms with van der Waals surface area (Å²) in [7, 11) is -2.96. The van der Waals surface area contributed by atoms with E-state index in [4.69, 9.17) is 0 Å². The summed E-state index contributed by atoms with van der Waals surface area (Å²) in [5.74, 6) is 0. The molecule has 0 aromatic heterocycles. The van der Waals surface area contributed by atoms with Crippen molar-refractivity contribution in [1.82, 2.24) is 9.62 Å². The maximum Gasteiger partial charge on any atom is 0.211 e. The van der Waals surface area contributed by atoms with Gasteiger partial charge in [-0.25, -0.2) is 8.42 Å². The van der Waals surface area contributed by atoms with Crippen molar-refractivity contribution in [3.05, 3.63) is 0 Å². The van der Waals surface area contributed by atoms with E-state index >= 15 is 0 Å². The molecule has 2 unspecified atom stereocenters. The van der Waals surface area contributed by atoms with E-state index in [2.05, 4.69) is 5.32 Å². The molecule has 0 aliphatic carbocycles. The van der Waals surface area contributed by atoms with Gasteiger partial charge in [-0.3, -0.25) is 0 Å². The quantitative estimate of drug-likeness (QED) is 0.599. The normalized spacial score (nSPS) is 37.1. The highest BCUT2D eigenvalue weighted by atomic mass is 32.2. The first-order chi connectivity index (χ1) is 5.57. The van der Waals surface area contributed by atoms with Crippen LogP contribution in [0.2, 0.25) is 0 Å². The summed E-state index contributed by atoms with van der Waals surface area (Å²) < 4.78 is 24.2. The van der Waals surface area contributed by atoms with Crippen molar-refractivity contribution in [2.45, 2.75) is 24.9 Å². The molecule has 3 heterocycles. The maximum absolute atomic E-state index is 11.3. The average Bonchev–Trinajstić information content (AvgIpc) is 2.05. The van der Waals surface area contributed by atoms with Crippen LogP contribution in [0.1, 0.15) is 12.8 Å². The maximum atomic E-state index is 11.3. The summed E-state index contributed by atoms with van der Waals surface area (Å²) in [6.45, 7) is 1.50. The number of piperidine rings is 2. The second-order valence-electron chi connectivity index (χ2n) is 3.67. The van der Waals surface area contributed by atoms with Crippen molar-refractivity contribution >= 4 is 10.0 Å². The minimum atomic E-state index is -2.96. The fourth-order valence-corrected chi connectivity index (χ4v) is 3.25. The van der Waals surface area contributed by atoms with Gasteiger partial charge >= 0.3 is 0 Å². The lowest BCUT2D eigenvalue weighted by Gasteiger charge is -2.44. The van der Waals surface area contributed by atoms with E-state index in [0.29, 0.717) is 12.6 Å². The van der Waals surface area contributed by atoms with Crippen LogP contribution in [0.4, 0.5) is 0 Å². The van der Waals surface area contributed by atoms with Gasteiger partial charge in [0, 0.05) is 25.2 Å². The Morgan fingerprint density at radius 1 is 1.42 bits per heavy atom. The van der Waals surface area contributed by atoms with Crippen molar-refractivity contribution in [3.63, 3.8) is 0 Å². The van der Waals surface area contributed by atoms with Crippen LogP contribution < -0.4 is 5.32 Å². The molecule has 0 aromatic carbocycles. The molecule has 0 amide bonds. The molecule has 5 heteroatoms. The zero-order valence-corrected chi connectivity index (χ0v) is 7.97. The van der Waals surface area contributed by atoms with Gasteiger partial charge in [-0.2, -0.15) is 4.31 Å². The standard InChI is InChI=1S/C7H14N2O2S/c1-12(10,11)9-5-6-2-3-7(9)4-8-6/h6-8H,2-5H2,1H3. The van der Waals surface area contributed by atoms with E-state index < -0.39 is 10.0 Å². The highest BCUT2D eigenvalue weighted by Crippen LogP contribution is 2.23. The Morgan fingerprint density at radius 2 is 2.17 bits per heavy atom. The Morgan fingerprint density at radius 3 is 2.42 bits per heavy atom. The summed E-state index contributed by atoms with van der Waals surface area (Å²) in [4.78, 5) is 0. The van der Waals surface area contributed by atoms with E-state index in [1.165, 1.54) is 6.26 Å². The monoisotopic (exact) mass is 190 g/mol. The van der Waals surface area contributed by atoms with Crippen LogP contribution in [0.5, 0.6) is 0 Å². The fraction of sp³-hybridized carbons (Fsp3) is 1.00. The molecule has 4 nitrogen and oxygen atoms in total. The number of nitrogens with one attached hydrogen (secondary N) is 1. The predicted octanol–water partition coefficient (Wildman–Crippen LogP) is -0.618. The first-order valence-corrected chi connectivity index (χ1v) is 6.12. The molecule has 2 bridgehead atoms. The molecule has 0 spiro atoms. The number of hydrogen-bond acceptors (Lipinski definition) is 3. The van der Waals surface area contributed by atoms with Gasteiger partial charge in [0.15, 0.2) is 0 Å². The van der Waals surface area contributed by atoms with Gasteiger partial charge in [-0.1, -0.05) is 0 Å². The third-order valence-corrected chi connectivity index (χ3v) is 4.02.